The van der Waals surface area contributed by atoms with E-state index in [9.17, 15) is 14.4 Å². The Labute approximate surface area is 192 Å². The fraction of sp³-hybridized carbons (Fsp3) is 0.200. The second-order valence-electron chi connectivity index (χ2n) is 7.07. The molecule has 0 fully saturated rings. The lowest BCUT2D eigenvalue weighted by atomic mass is 10.1. The largest absolute Gasteiger partial charge is 0.465 e. The van der Waals surface area contributed by atoms with Crippen LogP contribution in [-0.4, -0.2) is 52.7 Å². The molecule has 0 aliphatic heterocycles. The molecular weight excluding hydrogens is 420 g/mol. The van der Waals surface area contributed by atoms with Gasteiger partial charge < -0.3 is 15.0 Å². The van der Waals surface area contributed by atoms with Gasteiger partial charge in [-0.25, -0.2) is 9.48 Å². The summed E-state index contributed by atoms with van der Waals surface area (Å²) in [6.45, 7) is 4.88. The number of carbonyl (C=O) groups is 3. The van der Waals surface area contributed by atoms with E-state index < -0.39 is 11.9 Å². The molecule has 0 radical (unpaired) electrons. The van der Waals surface area contributed by atoms with Gasteiger partial charge in [0.05, 0.1) is 24.6 Å². The van der Waals surface area contributed by atoms with Crippen molar-refractivity contribution in [3.8, 4) is 5.69 Å². The molecule has 0 aliphatic carbocycles. The average Bonchev–Trinajstić information content (AvgIpc) is 3.27. The molecule has 1 aromatic heterocycles. The van der Waals surface area contributed by atoms with E-state index in [0.29, 0.717) is 35.7 Å². The Morgan fingerprint density at radius 1 is 1.03 bits per heavy atom. The van der Waals surface area contributed by atoms with Crippen molar-refractivity contribution in [3.05, 3.63) is 83.6 Å². The van der Waals surface area contributed by atoms with Crippen LogP contribution in [0.3, 0.4) is 0 Å². The number of para-hydroxylation sites is 1. The quantitative estimate of drug-likeness (QED) is 0.420. The number of hydrogen-bond donors (Lipinski definition) is 1. The van der Waals surface area contributed by atoms with E-state index in [1.165, 1.54) is 24.1 Å². The number of nitrogens with zero attached hydrogens (tertiary/aromatic N) is 3. The number of nitrogens with one attached hydrogen (secondary N) is 1. The lowest BCUT2D eigenvalue weighted by Gasteiger charge is -2.19. The van der Waals surface area contributed by atoms with Crippen molar-refractivity contribution in [2.75, 3.05) is 25.5 Å². The molecule has 3 rings (SSSR count). The molecule has 2 aromatic carbocycles. The number of carbonyl (C=O) groups excluding carboxylic acids is 3. The van der Waals surface area contributed by atoms with Gasteiger partial charge in [0.1, 0.15) is 11.4 Å². The van der Waals surface area contributed by atoms with Crippen LogP contribution in [0.15, 0.2) is 66.9 Å². The van der Waals surface area contributed by atoms with Gasteiger partial charge in [-0.15, -0.1) is 0 Å². The first-order chi connectivity index (χ1) is 16.0. The number of aromatic nitrogens is 2. The van der Waals surface area contributed by atoms with Crippen molar-refractivity contribution in [2.24, 2.45) is 0 Å². The van der Waals surface area contributed by atoms with Crippen LogP contribution in [0.25, 0.3) is 11.8 Å². The number of amides is 2. The highest BCUT2D eigenvalue weighted by Gasteiger charge is 2.23. The van der Waals surface area contributed by atoms with Gasteiger partial charge in [0.25, 0.3) is 5.91 Å². The minimum atomic E-state index is -0.428. The van der Waals surface area contributed by atoms with Crippen molar-refractivity contribution < 1.29 is 19.1 Å². The van der Waals surface area contributed by atoms with E-state index in [2.05, 4.69) is 15.2 Å². The Kier molecular flexibility index (Phi) is 7.75. The predicted molar refractivity (Wildman–Crippen MR) is 126 cm³/mol. The number of benzene rings is 2. The molecule has 0 spiro atoms. The Hall–Kier alpha value is -4.20. The van der Waals surface area contributed by atoms with Gasteiger partial charge in [-0.05, 0) is 49.8 Å². The molecule has 0 bridgehead atoms. The summed E-state index contributed by atoms with van der Waals surface area (Å²) < 4.78 is 6.22. The topological polar surface area (TPSA) is 93.5 Å². The third-order valence-corrected chi connectivity index (χ3v) is 5.05. The number of methoxy groups -OCH3 is 1. The fourth-order valence-electron chi connectivity index (χ4n) is 3.25. The molecule has 170 valence electrons. The van der Waals surface area contributed by atoms with E-state index in [0.717, 1.165) is 5.56 Å². The van der Waals surface area contributed by atoms with Crippen LogP contribution in [0, 0.1) is 0 Å². The third-order valence-electron chi connectivity index (χ3n) is 5.05. The molecule has 8 heteroatoms. The van der Waals surface area contributed by atoms with Gasteiger partial charge in [-0.2, -0.15) is 5.10 Å². The van der Waals surface area contributed by atoms with Gasteiger partial charge in [0, 0.05) is 19.2 Å². The third kappa shape index (κ3) is 5.54. The van der Waals surface area contributed by atoms with Crippen molar-refractivity contribution in [2.45, 2.75) is 13.8 Å². The molecule has 1 heterocycles. The number of ether oxygens (including phenoxy) is 1. The van der Waals surface area contributed by atoms with Crippen LogP contribution >= 0.6 is 0 Å². The first-order valence-electron chi connectivity index (χ1n) is 10.6. The monoisotopic (exact) mass is 446 g/mol. The molecule has 0 atom stereocenters. The zero-order valence-electron chi connectivity index (χ0n) is 18.8. The number of esters is 1. The number of rotatable bonds is 8. The van der Waals surface area contributed by atoms with E-state index in [-0.39, 0.29) is 5.91 Å². The maximum atomic E-state index is 13.0. The summed E-state index contributed by atoms with van der Waals surface area (Å²) in [4.78, 5) is 39.0. The summed E-state index contributed by atoms with van der Waals surface area (Å²) in [5.74, 6) is -0.755. The summed E-state index contributed by atoms with van der Waals surface area (Å²) in [7, 11) is 1.32. The first-order valence-corrected chi connectivity index (χ1v) is 10.6. The maximum Gasteiger partial charge on any atom is 0.337 e. The highest BCUT2D eigenvalue weighted by atomic mass is 16.5. The van der Waals surface area contributed by atoms with E-state index in [1.54, 1.807) is 35.2 Å². The molecule has 0 unspecified atom stereocenters. The maximum absolute atomic E-state index is 13.0. The molecule has 33 heavy (non-hydrogen) atoms. The molecule has 8 nitrogen and oxygen atoms in total. The van der Waals surface area contributed by atoms with E-state index >= 15 is 0 Å². The molecule has 1 N–H and O–H groups in total. The Morgan fingerprint density at radius 2 is 1.70 bits per heavy atom. The summed E-state index contributed by atoms with van der Waals surface area (Å²) in [6.07, 6.45) is 4.45. The summed E-state index contributed by atoms with van der Waals surface area (Å²) in [5, 5.41) is 7.15. The molecule has 3 aromatic rings. The minimum Gasteiger partial charge on any atom is -0.465 e. The highest BCUT2D eigenvalue weighted by Crippen LogP contribution is 2.22. The smallest absolute Gasteiger partial charge is 0.337 e. The number of anilines is 1. The SMILES string of the molecule is CCN(CC)C(=O)c1cnn(-c2ccccc2)c1NC(=O)/C=C/c1ccc(C(=O)OC)cc1. The lowest BCUT2D eigenvalue weighted by Crippen LogP contribution is -2.31. The Morgan fingerprint density at radius 3 is 2.30 bits per heavy atom. The lowest BCUT2D eigenvalue weighted by molar-refractivity contribution is -0.111. The normalized spacial score (nSPS) is 10.8. The highest BCUT2D eigenvalue weighted by molar-refractivity contribution is 6.07. The Bertz CT molecular complexity index is 1150. The van der Waals surface area contributed by atoms with Gasteiger partial charge in [-0.3, -0.25) is 9.59 Å². The molecule has 0 saturated carbocycles. The van der Waals surface area contributed by atoms with Crippen LogP contribution in [0.5, 0.6) is 0 Å². The minimum absolute atomic E-state index is 0.208. The van der Waals surface area contributed by atoms with Gasteiger partial charge in [0.15, 0.2) is 0 Å². The van der Waals surface area contributed by atoms with Crippen molar-refractivity contribution in [1.82, 2.24) is 14.7 Å². The molecule has 0 aliphatic rings. The zero-order valence-corrected chi connectivity index (χ0v) is 18.8. The van der Waals surface area contributed by atoms with Gasteiger partial charge in [0.2, 0.25) is 5.91 Å². The average molecular weight is 447 g/mol. The molecule has 0 saturated heterocycles. The molecule has 2 amide bonds. The molecular formula is C25H26N4O4. The predicted octanol–water partition coefficient (Wildman–Crippen LogP) is 3.79. The van der Waals surface area contributed by atoms with Crippen LogP contribution in [0.4, 0.5) is 5.82 Å². The van der Waals surface area contributed by atoms with Gasteiger partial charge in [-0.1, -0.05) is 30.3 Å². The van der Waals surface area contributed by atoms with Crippen LogP contribution < -0.4 is 5.32 Å². The van der Waals surface area contributed by atoms with E-state index in [4.69, 9.17) is 0 Å². The van der Waals surface area contributed by atoms with Crippen LogP contribution in [0.1, 0.15) is 40.1 Å². The summed E-state index contributed by atoms with van der Waals surface area (Å²) >= 11 is 0. The van der Waals surface area contributed by atoms with Crippen molar-refractivity contribution in [1.29, 1.82) is 0 Å². The van der Waals surface area contributed by atoms with Crippen LogP contribution in [-0.2, 0) is 9.53 Å². The summed E-state index contributed by atoms with van der Waals surface area (Å²) in [5.41, 5.74) is 2.18. The first kappa shape index (κ1) is 23.5. The van der Waals surface area contributed by atoms with Crippen molar-refractivity contribution in [3.63, 3.8) is 0 Å². The second kappa shape index (κ2) is 10.9. The fourth-order valence-corrected chi connectivity index (χ4v) is 3.25. The Balaban J connectivity index is 1.87. The summed E-state index contributed by atoms with van der Waals surface area (Å²) in [6, 6.07) is 15.9. The standard InChI is InChI=1S/C25H26N4O4/c1-4-28(5-2)24(31)21-17-26-29(20-9-7-6-8-10-20)23(21)27-22(30)16-13-18-11-14-19(15-12-18)25(32)33-3/h6-17H,4-5H2,1-3H3,(H,27,30)/b16-13+. The second-order valence-corrected chi connectivity index (χ2v) is 7.07. The zero-order chi connectivity index (χ0) is 23.8. The van der Waals surface area contributed by atoms with Crippen LogP contribution in [0.2, 0.25) is 0 Å². The number of hydrogen-bond acceptors (Lipinski definition) is 5. The van der Waals surface area contributed by atoms with Crippen molar-refractivity contribution >= 4 is 29.7 Å². The van der Waals surface area contributed by atoms with E-state index in [1.807, 2.05) is 44.2 Å². The van der Waals surface area contributed by atoms with Gasteiger partial charge >= 0.3 is 5.97 Å².